The molecule has 1 heterocycles. The van der Waals surface area contributed by atoms with Gasteiger partial charge in [0, 0.05) is 49.0 Å². The largest absolute Gasteiger partial charge is 0.399 e. The summed E-state index contributed by atoms with van der Waals surface area (Å²) < 4.78 is 0. The van der Waals surface area contributed by atoms with E-state index in [0.29, 0.717) is 10.6 Å². The van der Waals surface area contributed by atoms with Crippen molar-refractivity contribution in [3.8, 4) is 0 Å². The summed E-state index contributed by atoms with van der Waals surface area (Å²) in [7, 11) is 0. The molecule has 1 saturated heterocycles. The highest BCUT2D eigenvalue weighted by atomic mass is 35.5. The predicted molar refractivity (Wildman–Crippen MR) is 105 cm³/mol. The molecule has 2 N–H and O–H groups in total. The number of carbonyl (C=O) groups excluding carboxylic acids is 1. The van der Waals surface area contributed by atoms with E-state index in [1.165, 1.54) is 5.56 Å². The zero-order valence-electron chi connectivity index (χ0n) is 14.0. The number of benzene rings is 2. The predicted octanol–water partition coefficient (Wildman–Crippen LogP) is 3.69. The smallest absolute Gasteiger partial charge is 0.253 e. The molecule has 0 saturated carbocycles. The molecule has 0 atom stereocenters. The molecule has 6 heteroatoms. The maximum Gasteiger partial charge on any atom is 0.253 e. The summed E-state index contributed by atoms with van der Waals surface area (Å²) >= 11 is 5.90. The van der Waals surface area contributed by atoms with Crippen molar-refractivity contribution >= 4 is 35.6 Å². The first-order valence-electron chi connectivity index (χ1n) is 8.23. The van der Waals surface area contributed by atoms with Crippen molar-refractivity contribution in [1.29, 1.82) is 0 Å². The summed E-state index contributed by atoms with van der Waals surface area (Å²) in [6.07, 6.45) is 0.974. The highest BCUT2D eigenvalue weighted by Gasteiger charge is 2.20. The highest BCUT2D eigenvalue weighted by Crippen LogP contribution is 2.15. The number of amides is 1. The van der Waals surface area contributed by atoms with Gasteiger partial charge in [-0.25, -0.2) is 0 Å². The molecular weight excluding hydrogens is 357 g/mol. The van der Waals surface area contributed by atoms with Gasteiger partial charge in [0.2, 0.25) is 0 Å². The monoisotopic (exact) mass is 379 g/mol. The fraction of sp³-hybridized carbons (Fsp3) is 0.316. The van der Waals surface area contributed by atoms with Gasteiger partial charge in [-0.2, -0.15) is 0 Å². The van der Waals surface area contributed by atoms with Gasteiger partial charge in [0.25, 0.3) is 5.91 Å². The van der Waals surface area contributed by atoms with Crippen molar-refractivity contribution in [2.24, 2.45) is 0 Å². The Bertz CT molecular complexity index is 706. The molecule has 2 aromatic carbocycles. The van der Waals surface area contributed by atoms with Gasteiger partial charge in [-0.3, -0.25) is 9.69 Å². The van der Waals surface area contributed by atoms with E-state index in [-0.39, 0.29) is 18.3 Å². The quantitative estimate of drug-likeness (QED) is 0.827. The molecule has 1 amide bonds. The van der Waals surface area contributed by atoms with Gasteiger partial charge in [0.05, 0.1) is 0 Å². The van der Waals surface area contributed by atoms with Crippen LogP contribution in [0.5, 0.6) is 0 Å². The van der Waals surface area contributed by atoms with Crippen LogP contribution >= 0.6 is 24.0 Å². The third-order valence-corrected chi connectivity index (χ3v) is 4.58. The van der Waals surface area contributed by atoms with Crippen LogP contribution in [0.1, 0.15) is 22.3 Å². The fourth-order valence-corrected chi connectivity index (χ4v) is 3.18. The second kappa shape index (κ2) is 9.09. The van der Waals surface area contributed by atoms with Crippen LogP contribution in [0.2, 0.25) is 5.02 Å². The third kappa shape index (κ3) is 5.36. The minimum atomic E-state index is 0. The van der Waals surface area contributed by atoms with Crippen LogP contribution in [0.25, 0.3) is 0 Å². The van der Waals surface area contributed by atoms with Crippen LogP contribution in [0.4, 0.5) is 5.69 Å². The molecule has 1 aliphatic rings. The van der Waals surface area contributed by atoms with E-state index in [2.05, 4.69) is 11.0 Å². The lowest BCUT2D eigenvalue weighted by atomic mass is 10.2. The number of hydrogen-bond donors (Lipinski definition) is 1. The van der Waals surface area contributed by atoms with E-state index >= 15 is 0 Å². The lowest BCUT2D eigenvalue weighted by Crippen LogP contribution is -2.35. The summed E-state index contributed by atoms with van der Waals surface area (Å²) in [6, 6.07) is 15.1. The van der Waals surface area contributed by atoms with Crippen LogP contribution < -0.4 is 5.73 Å². The van der Waals surface area contributed by atoms with Crippen LogP contribution in [-0.4, -0.2) is 41.9 Å². The highest BCUT2D eigenvalue weighted by molar-refractivity contribution is 6.30. The standard InChI is InChI=1S/C19H22ClN3O.ClH/c20-17-7-5-16(6-8-17)19(24)23-10-2-9-22(11-12-23)14-15-3-1-4-18(21)13-15;/h1,3-8,13H,2,9-12,14,21H2;1H. The number of anilines is 1. The van der Waals surface area contributed by atoms with Gasteiger partial charge in [-0.1, -0.05) is 23.7 Å². The first-order valence-corrected chi connectivity index (χ1v) is 8.61. The molecule has 0 aliphatic carbocycles. The number of nitrogens with zero attached hydrogens (tertiary/aromatic N) is 2. The Morgan fingerprint density at radius 2 is 1.80 bits per heavy atom. The molecule has 4 nitrogen and oxygen atoms in total. The van der Waals surface area contributed by atoms with Crippen molar-refractivity contribution in [1.82, 2.24) is 9.80 Å². The van der Waals surface area contributed by atoms with Crippen LogP contribution in [-0.2, 0) is 6.54 Å². The minimum Gasteiger partial charge on any atom is -0.399 e. The summed E-state index contributed by atoms with van der Waals surface area (Å²) in [6.45, 7) is 4.25. The van der Waals surface area contributed by atoms with Crippen molar-refractivity contribution in [3.05, 3.63) is 64.7 Å². The van der Waals surface area contributed by atoms with Gasteiger partial charge in [0.1, 0.15) is 0 Å². The molecule has 134 valence electrons. The van der Waals surface area contributed by atoms with Crippen LogP contribution in [0.3, 0.4) is 0 Å². The molecule has 0 radical (unpaired) electrons. The van der Waals surface area contributed by atoms with E-state index in [1.807, 2.05) is 23.1 Å². The molecule has 0 unspecified atom stereocenters. The maximum absolute atomic E-state index is 12.6. The number of carbonyl (C=O) groups is 1. The molecule has 3 rings (SSSR count). The SMILES string of the molecule is Cl.Nc1cccc(CN2CCCN(C(=O)c3ccc(Cl)cc3)CC2)c1. The summed E-state index contributed by atoms with van der Waals surface area (Å²) in [5, 5.41) is 0.649. The zero-order valence-corrected chi connectivity index (χ0v) is 15.6. The van der Waals surface area contributed by atoms with Crippen LogP contribution in [0, 0.1) is 0 Å². The topological polar surface area (TPSA) is 49.6 Å². The Hall–Kier alpha value is -1.75. The Labute approximate surface area is 160 Å². The second-order valence-electron chi connectivity index (χ2n) is 6.17. The number of halogens is 2. The lowest BCUT2D eigenvalue weighted by Gasteiger charge is -2.22. The lowest BCUT2D eigenvalue weighted by molar-refractivity contribution is 0.0761. The van der Waals surface area contributed by atoms with Crippen LogP contribution in [0.15, 0.2) is 48.5 Å². The molecule has 0 aromatic heterocycles. The van der Waals surface area contributed by atoms with Gasteiger partial charge in [0.15, 0.2) is 0 Å². The van der Waals surface area contributed by atoms with Crippen molar-refractivity contribution < 1.29 is 4.79 Å². The van der Waals surface area contributed by atoms with E-state index in [4.69, 9.17) is 17.3 Å². The normalized spacial score (nSPS) is 15.3. The van der Waals surface area contributed by atoms with Crippen molar-refractivity contribution in [2.45, 2.75) is 13.0 Å². The van der Waals surface area contributed by atoms with E-state index in [9.17, 15) is 4.79 Å². The Morgan fingerprint density at radius 3 is 2.52 bits per heavy atom. The second-order valence-corrected chi connectivity index (χ2v) is 6.61. The van der Waals surface area contributed by atoms with Crippen molar-refractivity contribution in [3.63, 3.8) is 0 Å². The van der Waals surface area contributed by atoms with Gasteiger partial charge >= 0.3 is 0 Å². The Morgan fingerprint density at radius 1 is 1.04 bits per heavy atom. The Kier molecular flexibility index (Phi) is 7.12. The molecule has 25 heavy (non-hydrogen) atoms. The first kappa shape index (κ1) is 19.6. The minimum absolute atomic E-state index is 0. The third-order valence-electron chi connectivity index (χ3n) is 4.32. The summed E-state index contributed by atoms with van der Waals surface area (Å²) in [4.78, 5) is 16.9. The molecule has 2 aromatic rings. The fourth-order valence-electron chi connectivity index (χ4n) is 3.06. The van der Waals surface area contributed by atoms with Gasteiger partial charge in [-0.05, 0) is 48.4 Å². The average Bonchev–Trinajstić information content (AvgIpc) is 2.81. The van der Waals surface area contributed by atoms with Gasteiger partial charge < -0.3 is 10.6 Å². The molecule has 1 aliphatic heterocycles. The molecule has 1 fully saturated rings. The molecule has 0 spiro atoms. The number of nitrogen functional groups attached to an aromatic ring is 1. The zero-order chi connectivity index (χ0) is 16.9. The molecular formula is C19H23Cl2N3O. The van der Waals surface area contributed by atoms with Gasteiger partial charge in [-0.15, -0.1) is 12.4 Å². The van der Waals surface area contributed by atoms with Crippen molar-refractivity contribution in [2.75, 3.05) is 31.9 Å². The first-order chi connectivity index (χ1) is 11.6. The van der Waals surface area contributed by atoms with E-state index < -0.39 is 0 Å². The number of nitrogens with two attached hydrogens (primary N) is 1. The number of rotatable bonds is 3. The average molecular weight is 380 g/mol. The maximum atomic E-state index is 12.6. The Balaban J connectivity index is 0.00000225. The number of hydrogen-bond acceptors (Lipinski definition) is 3. The van der Waals surface area contributed by atoms with E-state index in [0.717, 1.165) is 44.8 Å². The molecule has 0 bridgehead atoms. The summed E-state index contributed by atoms with van der Waals surface area (Å²) in [5.41, 5.74) is 8.56. The van der Waals surface area contributed by atoms with E-state index in [1.54, 1.807) is 24.3 Å². The summed E-state index contributed by atoms with van der Waals surface area (Å²) in [5.74, 6) is 0.0810.